The van der Waals surface area contributed by atoms with Crippen LogP contribution in [0.25, 0.3) is 0 Å². The summed E-state index contributed by atoms with van der Waals surface area (Å²) in [5, 5.41) is 0. The lowest BCUT2D eigenvalue weighted by atomic mass is 9.75. The van der Waals surface area contributed by atoms with Gasteiger partial charge in [0.15, 0.2) is 0 Å². The zero-order chi connectivity index (χ0) is 20.8. The van der Waals surface area contributed by atoms with Crippen LogP contribution in [0.3, 0.4) is 0 Å². The van der Waals surface area contributed by atoms with Crippen molar-refractivity contribution in [3.05, 3.63) is 0 Å². The van der Waals surface area contributed by atoms with Crippen LogP contribution in [0.1, 0.15) is 40.5 Å². The van der Waals surface area contributed by atoms with E-state index in [0.29, 0.717) is 24.0 Å². The van der Waals surface area contributed by atoms with Gasteiger partial charge in [0.25, 0.3) is 10.1 Å². The molecule has 0 spiro atoms. The number of esters is 2. The van der Waals surface area contributed by atoms with Crippen molar-refractivity contribution >= 4 is 22.1 Å². The summed E-state index contributed by atoms with van der Waals surface area (Å²) in [6.45, 7) is 8.12. The lowest BCUT2D eigenvalue weighted by Crippen LogP contribution is -2.44. The highest BCUT2D eigenvalue weighted by molar-refractivity contribution is 7.85. The van der Waals surface area contributed by atoms with E-state index in [9.17, 15) is 18.0 Å². The molecule has 0 heterocycles. The van der Waals surface area contributed by atoms with Gasteiger partial charge in [-0.2, -0.15) is 8.42 Å². The molecule has 0 aliphatic heterocycles. The number of hydrogen-bond donors (Lipinski definition) is 1. The summed E-state index contributed by atoms with van der Waals surface area (Å²) >= 11 is 0. The van der Waals surface area contributed by atoms with Crippen LogP contribution >= 0.6 is 0 Å². The molecule has 9 heteroatoms. The van der Waals surface area contributed by atoms with Crippen molar-refractivity contribution in [2.24, 2.45) is 10.8 Å². The molecule has 1 N–H and O–H groups in total. The van der Waals surface area contributed by atoms with Gasteiger partial charge in [-0.3, -0.25) is 14.1 Å². The first-order chi connectivity index (χ1) is 11.5. The number of nitrogens with zero attached hydrogens (tertiary/aromatic N) is 1. The average Bonchev–Trinajstić information content (AvgIpc) is 2.43. The van der Waals surface area contributed by atoms with Gasteiger partial charge in [-0.1, -0.05) is 0 Å². The summed E-state index contributed by atoms with van der Waals surface area (Å²) < 4.78 is 40.9. The van der Waals surface area contributed by atoms with Crippen LogP contribution in [-0.2, 0) is 29.2 Å². The van der Waals surface area contributed by atoms with Crippen molar-refractivity contribution in [2.75, 3.05) is 46.7 Å². The molecule has 0 aromatic carbocycles. The number of quaternary nitrogens is 1. The molecule has 8 nitrogen and oxygen atoms in total. The fourth-order valence-corrected chi connectivity index (χ4v) is 3.39. The zero-order valence-electron chi connectivity index (χ0n) is 17.0. The summed E-state index contributed by atoms with van der Waals surface area (Å²) in [5.41, 5.74) is -1.65. The van der Waals surface area contributed by atoms with Crippen LogP contribution in [0.4, 0.5) is 0 Å². The molecule has 0 radical (unpaired) electrons. The Bertz CT molecular complexity index is 594. The van der Waals surface area contributed by atoms with Gasteiger partial charge in [-0.15, -0.1) is 0 Å². The number of ether oxygens (including phenoxy) is 2. The largest absolute Gasteiger partial charge is 0.469 e. The van der Waals surface area contributed by atoms with Gasteiger partial charge >= 0.3 is 11.9 Å². The molecule has 0 aromatic rings. The fourth-order valence-electron chi connectivity index (χ4n) is 2.89. The molecule has 0 bridgehead atoms. The standard InChI is InChI=1S/C17H33NO7S/c1-16(2,14(19)24-7)13-17(3,4)15(20)25-11-10-18(5,6)9-8-12-26(21,22)23/h8-13H2,1-7H3/p+1. The monoisotopic (exact) mass is 396 g/mol. The molecule has 0 atom stereocenters. The van der Waals surface area contributed by atoms with Crippen LogP contribution < -0.4 is 0 Å². The van der Waals surface area contributed by atoms with Crippen LogP contribution in [0, 0.1) is 10.8 Å². The summed E-state index contributed by atoms with van der Waals surface area (Å²) in [7, 11) is 1.14. The van der Waals surface area contributed by atoms with E-state index in [1.54, 1.807) is 27.7 Å². The van der Waals surface area contributed by atoms with Gasteiger partial charge in [-0.25, -0.2) is 0 Å². The van der Waals surface area contributed by atoms with E-state index in [0.717, 1.165) is 0 Å². The summed E-state index contributed by atoms with van der Waals surface area (Å²) in [4.78, 5) is 24.2. The van der Waals surface area contributed by atoms with Crippen molar-refractivity contribution in [2.45, 2.75) is 40.5 Å². The minimum Gasteiger partial charge on any atom is -0.469 e. The maximum Gasteiger partial charge on any atom is 0.311 e. The third-order valence-electron chi connectivity index (χ3n) is 4.27. The third kappa shape index (κ3) is 9.49. The topological polar surface area (TPSA) is 107 Å². The number of likely N-dealkylation sites (N-methyl/N-ethyl adjacent to an activating group) is 1. The highest BCUT2D eigenvalue weighted by Crippen LogP contribution is 2.35. The van der Waals surface area contributed by atoms with E-state index >= 15 is 0 Å². The van der Waals surface area contributed by atoms with Gasteiger partial charge in [0.2, 0.25) is 0 Å². The van der Waals surface area contributed by atoms with E-state index in [-0.39, 0.29) is 24.7 Å². The van der Waals surface area contributed by atoms with Crippen molar-refractivity contribution in [1.29, 1.82) is 0 Å². The molecule has 0 aromatic heterocycles. The number of methoxy groups -OCH3 is 1. The Morgan fingerprint density at radius 1 is 1.00 bits per heavy atom. The van der Waals surface area contributed by atoms with Crippen molar-refractivity contribution in [3.8, 4) is 0 Å². The smallest absolute Gasteiger partial charge is 0.311 e. The summed E-state index contributed by atoms with van der Waals surface area (Å²) in [6, 6.07) is 0. The number of hydrogen-bond acceptors (Lipinski definition) is 6. The first kappa shape index (κ1) is 24.8. The van der Waals surface area contributed by atoms with Crippen LogP contribution in [-0.4, -0.2) is 76.0 Å². The molecular formula is C17H34NO7S+. The van der Waals surface area contributed by atoms with Gasteiger partial charge in [0.05, 0.1) is 44.3 Å². The van der Waals surface area contributed by atoms with Crippen molar-refractivity contribution < 1.29 is 36.5 Å². The molecule has 0 aliphatic rings. The number of carbonyl (C=O) groups is 2. The second-order valence-electron chi connectivity index (χ2n) is 8.59. The molecule has 0 saturated carbocycles. The molecule has 0 amide bonds. The minimum absolute atomic E-state index is 0.180. The van der Waals surface area contributed by atoms with E-state index in [1.165, 1.54) is 7.11 Å². The van der Waals surface area contributed by atoms with Gasteiger partial charge in [-0.05, 0) is 34.1 Å². The van der Waals surface area contributed by atoms with E-state index in [2.05, 4.69) is 0 Å². The predicted octanol–water partition coefficient (Wildman–Crippen LogP) is 1.50. The molecule has 0 unspecified atom stereocenters. The van der Waals surface area contributed by atoms with Crippen molar-refractivity contribution in [3.63, 3.8) is 0 Å². The van der Waals surface area contributed by atoms with Gasteiger partial charge in [0, 0.05) is 6.42 Å². The first-order valence-corrected chi connectivity index (χ1v) is 10.2. The normalized spacial score (nSPS) is 13.4. The number of rotatable bonds is 11. The Kier molecular flexibility index (Phi) is 8.72. The second-order valence-corrected chi connectivity index (χ2v) is 10.2. The molecule has 0 fully saturated rings. The Morgan fingerprint density at radius 3 is 1.96 bits per heavy atom. The fraction of sp³-hybridized carbons (Fsp3) is 0.882. The minimum atomic E-state index is -3.96. The van der Waals surface area contributed by atoms with Crippen molar-refractivity contribution in [1.82, 2.24) is 0 Å². The van der Waals surface area contributed by atoms with Crippen LogP contribution in [0.2, 0.25) is 0 Å². The molecule has 26 heavy (non-hydrogen) atoms. The zero-order valence-corrected chi connectivity index (χ0v) is 17.8. The van der Waals surface area contributed by atoms with Crippen LogP contribution in [0.5, 0.6) is 0 Å². The molecule has 0 saturated heterocycles. The van der Waals surface area contributed by atoms with E-state index < -0.39 is 26.9 Å². The second kappa shape index (κ2) is 9.14. The van der Waals surface area contributed by atoms with E-state index in [4.69, 9.17) is 14.0 Å². The van der Waals surface area contributed by atoms with E-state index in [1.807, 2.05) is 14.1 Å². The third-order valence-corrected chi connectivity index (χ3v) is 5.07. The Morgan fingerprint density at radius 2 is 1.50 bits per heavy atom. The summed E-state index contributed by atoms with van der Waals surface area (Å²) in [5.74, 6) is -1.06. The van der Waals surface area contributed by atoms with Gasteiger partial charge < -0.3 is 14.0 Å². The maximum absolute atomic E-state index is 12.4. The molecule has 0 rings (SSSR count). The Labute approximate surface area is 157 Å². The highest BCUT2D eigenvalue weighted by atomic mass is 32.2. The molecule has 154 valence electrons. The molecular weight excluding hydrogens is 362 g/mol. The SMILES string of the molecule is COC(=O)C(C)(C)CC(C)(C)C(=O)OCC[N+](C)(C)CCCS(=O)(=O)O. The Hall–Kier alpha value is -1.19. The first-order valence-electron chi connectivity index (χ1n) is 8.55. The highest BCUT2D eigenvalue weighted by Gasteiger charge is 2.40. The quantitative estimate of drug-likeness (QED) is 0.320. The maximum atomic E-state index is 12.4. The molecule has 0 aliphatic carbocycles. The number of carbonyl (C=O) groups excluding carboxylic acids is 2. The van der Waals surface area contributed by atoms with Crippen LogP contribution in [0.15, 0.2) is 0 Å². The van der Waals surface area contributed by atoms with Gasteiger partial charge in [0.1, 0.15) is 13.2 Å². The Balaban J connectivity index is 4.52. The lowest BCUT2D eigenvalue weighted by Gasteiger charge is -2.32. The average molecular weight is 397 g/mol. The predicted molar refractivity (Wildman–Crippen MR) is 98.0 cm³/mol. The summed E-state index contributed by atoms with van der Waals surface area (Å²) in [6.07, 6.45) is 0.608. The lowest BCUT2D eigenvalue weighted by molar-refractivity contribution is -0.890.